The molecule has 0 aliphatic rings. The number of hydrogen-bond acceptors (Lipinski definition) is 2. The van der Waals surface area contributed by atoms with Gasteiger partial charge in [0, 0.05) is 0 Å². The highest BCUT2D eigenvalue weighted by Gasteiger charge is 2.16. The molecule has 0 fully saturated rings. The summed E-state index contributed by atoms with van der Waals surface area (Å²) in [7, 11) is 0. The third kappa shape index (κ3) is 2.11. The first-order valence-electron chi connectivity index (χ1n) is 7.77. The molecule has 1 atom stereocenters. The maximum atomic E-state index is 6.57. The summed E-state index contributed by atoms with van der Waals surface area (Å²) < 4.78 is 0. The summed E-state index contributed by atoms with van der Waals surface area (Å²) in [5.41, 5.74) is 8.95. The third-order valence-corrected chi connectivity index (χ3v) is 5.50. The predicted molar refractivity (Wildman–Crippen MR) is 108 cm³/mol. The molecule has 5 rings (SSSR count). The fourth-order valence-electron chi connectivity index (χ4n) is 3.66. The Morgan fingerprint density at radius 1 is 0.750 bits per heavy atom. The highest BCUT2D eigenvalue weighted by molar-refractivity contribution is 7.08. The average Bonchev–Trinajstić information content (AvgIpc) is 3.13. The summed E-state index contributed by atoms with van der Waals surface area (Å²) in [6.45, 7) is 0. The second-order valence-electron chi connectivity index (χ2n) is 6.05. The SMILES string of the molecule is Cl.N[C@@H](c1ccsc1)c1ccc2ccc3cccc4ccc1c2c34. The van der Waals surface area contributed by atoms with E-state index in [-0.39, 0.29) is 18.4 Å². The molecule has 0 saturated heterocycles. The Bertz CT molecular complexity index is 1120. The Hall–Kier alpha value is -2.13. The zero-order valence-corrected chi connectivity index (χ0v) is 14.5. The van der Waals surface area contributed by atoms with E-state index in [0.29, 0.717) is 0 Å². The average molecular weight is 350 g/mol. The van der Waals surface area contributed by atoms with Crippen molar-refractivity contribution in [2.45, 2.75) is 6.04 Å². The molecule has 0 aliphatic carbocycles. The molecule has 118 valence electrons. The van der Waals surface area contributed by atoms with Gasteiger partial charge in [0.1, 0.15) is 0 Å². The monoisotopic (exact) mass is 349 g/mol. The summed E-state index contributed by atoms with van der Waals surface area (Å²) in [4.78, 5) is 0. The standard InChI is InChI=1S/C21H15NS.ClH/c22-21(16-10-11-23-12-16)18-9-7-15-5-4-13-2-1-3-14-6-8-17(18)20(15)19(13)14;/h1-12,21H,22H2;1H/t21-;/m0./s1. The number of hydrogen-bond donors (Lipinski definition) is 1. The van der Waals surface area contributed by atoms with Gasteiger partial charge in [-0.3, -0.25) is 0 Å². The van der Waals surface area contributed by atoms with Crippen molar-refractivity contribution in [3.05, 3.63) is 82.6 Å². The quantitative estimate of drug-likeness (QED) is 0.382. The molecule has 0 radical (unpaired) electrons. The maximum Gasteiger partial charge on any atom is 0.0566 e. The largest absolute Gasteiger partial charge is 0.320 e. The Morgan fingerprint density at radius 3 is 2.12 bits per heavy atom. The molecule has 0 spiro atoms. The normalized spacial score (nSPS) is 12.7. The van der Waals surface area contributed by atoms with Gasteiger partial charge in [0.2, 0.25) is 0 Å². The minimum Gasteiger partial charge on any atom is -0.320 e. The molecule has 1 aromatic heterocycles. The zero-order chi connectivity index (χ0) is 15.4. The van der Waals surface area contributed by atoms with Crippen LogP contribution in [-0.4, -0.2) is 0 Å². The van der Waals surface area contributed by atoms with Gasteiger partial charge in [-0.1, -0.05) is 54.6 Å². The molecule has 0 saturated carbocycles. The molecule has 5 aromatic rings. The van der Waals surface area contributed by atoms with Crippen LogP contribution in [0.2, 0.25) is 0 Å². The molecule has 0 bridgehead atoms. The number of halogens is 1. The van der Waals surface area contributed by atoms with Crippen LogP contribution in [0.1, 0.15) is 17.2 Å². The molecule has 0 amide bonds. The van der Waals surface area contributed by atoms with E-state index in [2.05, 4.69) is 71.4 Å². The molecule has 0 aliphatic heterocycles. The van der Waals surface area contributed by atoms with Crippen LogP contribution in [0.25, 0.3) is 32.3 Å². The highest BCUT2D eigenvalue weighted by Crippen LogP contribution is 2.38. The van der Waals surface area contributed by atoms with Crippen LogP contribution < -0.4 is 5.73 Å². The first-order chi connectivity index (χ1) is 11.3. The minimum atomic E-state index is -0.0779. The summed E-state index contributed by atoms with van der Waals surface area (Å²) in [5.74, 6) is 0. The smallest absolute Gasteiger partial charge is 0.0566 e. The van der Waals surface area contributed by atoms with Gasteiger partial charge < -0.3 is 5.73 Å². The van der Waals surface area contributed by atoms with Crippen LogP contribution in [0.15, 0.2) is 71.4 Å². The van der Waals surface area contributed by atoms with Gasteiger partial charge in [0.25, 0.3) is 0 Å². The van der Waals surface area contributed by atoms with E-state index in [1.165, 1.54) is 43.4 Å². The lowest BCUT2D eigenvalue weighted by Crippen LogP contribution is -2.11. The van der Waals surface area contributed by atoms with E-state index < -0.39 is 0 Å². The first kappa shape index (κ1) is 15.4. The summed E-state index contributed by atoms with van der Waals surface area (Å²) in [6, 6.07) is 21.8. The van der Waals surface area contributed by atoms with Crippen molar-refractivity contribution >= 4 is 56.1 Å². The van der Waals surface area contributed by atoms with Gasteiger partial charge in [-0.2, -0.15) is 11.3 Å². The lowest BCUT2D eigenvalue weighted by Gasteiger charge is -2.17. The molecule has 1 heterocycles. The van der Waals surface area contributed by atoms with Crippen LogP contribution in [-0.2, 0) is 0 Å². The molecule has 4 aromatic carbocycles. The second-order valence-corrected chi connectivity index (χ2v) is 6.83. The summed E-state index contributed by atoms with van der Waals surface area (Å²) in [5, 5.41) is 12.1. The molecule has 3 heteroatoms. The van der Waals surface area contributed by atoms with E-state index in [1.54, 1.807) is 11.3 Å². The zero-order valence-electron chi connectivity index (χ0n) is 12.9. The topological polar surface area (TPSA) is 26.0 Å². The number of benzene rings is 4. The van der Waals surface area contributed by atoms with E-state index in [4.69, 9.17) is 5.73 Å². The highest BCUT2D eigenvalue weighted by atomic mass is 35.5. The van der Waals surface area contributed by atoms with Gasteiger partial charge in [0.15, 0.2) is 0 Å². The van der Waals surface area contributed by atoms with Gasteiger partial charge in [-0.15, -0.1) is 12.4 Å². The second kappa shape index (κ2) is 5.75. The van der Waals surface area contributed by atoms with E-state index >= 15 is 0 Å². The van der Waals surface area contributed by atoms with Crippen molar-refractivity contribution in [3.8, 4) is 0 Å². The minimum absolute atomic E-state index is 0. The van der Waals surface area contributed by atoms with Crippen molar-refractivity contribution in [3.63, 3.8) is 0 Å². The summed E-state index contributed by atoms with van der Waals surface area (Å²) >= 11 is 1.70. The molecule has 1 nitrogen and oxygen atoms in total. The van der Waals surface area contributed by atoms with Crippen LogP contribution in [0.5, 0.6) is 0 Å². The van der Waals surface area contributed by atoms with Crippen molar-refractivity contribution in [2.75, 3.05) is 0 Å². The van der Waals surface area contributed by atoms with Crippen molar-refractivity contribution in [2.24, 2.45) is 5.73 Å². The maximum absolute atomic E-state index is 6.57. The number of nitrogens with two attached hydrogens (primary N) is 1. The fraction of sp³-hybridized carbons (Fsp3) is 0.0476. The van der Waals surface area contributed by atoms with Gasteiger partial charge >= 0.3 is 0 Å². The van der Waals surface area contributed by atoms with Crippen LogP contribution in [0.4, 0.5) is 0 Å². The third-order valence-electron chi connectivity index (χ3n) is 4.80. The Balaban J connectivity index is 0.00000146. The van der Waals surface area contributed by atoms with Crippen LogP contribution >= 0.6 is 23.7 Å². The van der Waals surface area contributed by atoms with Crippen molar-refractivity contribution < 1.29 is 0 Å². The molecular weight excluding hydrogens is 334 g/mol. The van der Waals surface area contributed by atoms with E-state index in [0.717, 1.165) is 0 Å². The van der Waals surface area contributed by atoms with Gasteiger partial charge in [-0.25, -0.2) is 0 Å². The Morgan fingerprint density at radius 2 is 1.42 bits per heavy atom. The molecule has 0 unspecified atom stereocenters. The van der Waals surface area contributed by atoms with Crippen LogP contribution in [0.3, 0.4) is 0 Å². The molecule has 24 heavy (non-hydrogen) atoms. The van der Waals surface area contributed by atoms with Crippen LogP contribution in [0, 0.1) is 0 Å². The predicted octanol–water partition coefficient (Wildman–Crippen LogP) is 6.12. The Kier molecular flexibility index (Phi) is 3.69. The van der Waals surface area contributed by atoms with E-state index in [9.17, 15) is 0 Å². The Labute approximate surface area is 150 Å². The lowest BCUT2D eigenvalue weighted by molar-refractivity contribution is 0.887. The van der Waals surface area contributed by atoms with Crippen molar-refractivity contribution in [1.82, 2.24) is 0 Å². The summed E-state index contributed by atoms with van der Waals surface area (Å²) in [6.07, 6.45) is 0. The molecule has 2 N–H and O–H groups in total. The lowest BCUT2D eigenvalue weighted by atomic mass is 9.89. The van der Waals surface area contributed by atoms with Crippen molar-refractivity contribution in [1.29, 1.82) is 0 Å². The van der Waals surface area contributed by atoms with E-state index in [1.807, 2.05) is 0 Å². The molecular formula is C21H16ClNS. The number of rotatable bonds is 2. The van der Waals surface area contributed by atoms with Gasteiger partial charge in [0.05, 0.1) is 6.04 Å². The first-order valence-corrected chi connectivity index (χ1v) is 8.71. The fourth-order valence-corrected chi connectivity index (χ4v) is 4.36. The number of thiophene rings is 1. The van der Waals surface area contributed by atoms with Gasteiger partial charge in [-0.05, 0) is 60.3 Å².